The minimum absolute atomic E-state index is 0.0381. The van der Waals surface area contributed by atoms with E-state index in [0.717, 1.165) is 32.1 Å². The zero-order valence-electron chi connectivity index (χ0n) is 18.2. The molecule has 2 aliphatic rings. The van der Waals surface area contributed by atoms with Crippen LogP contribution in [0, 0.1) is 23.5 Å². The Morgan fingerprint density at radius 3 is 1.69 bits per heavy atom. The lowest BCUT2D eigenvalue weighted by atomic mass is 9.76. The van der Waals surface area contributed by atoms with Crippen molar-refractivity contribution < 1.29 is 18.4 Å². The molecule has 2 fully saturated rings. The van der Waals surface area contributed by atoms with E-state index in [4.69, 9.17) is 0 Å². The van der Waals surface area contributed by atoms with Gasteiger partial charge in [-0.3, -0.25) is 9.59 Å². The van der Waals surface area contributed by atoms with Gasteiger partial charge in [0.25, 0.3) is 0 Å². The highest BCUT2D eigenvalue weighted by molar-refractivity contribution is 6.04. The quantitative estimate of drug-likeness (QED) is 0.385. The third-order valence-corrected chi connectivity index (χ3v) is 6.66. The SMILES string of the molecule is O=C1/C(=C/c2ccccc2F)CCCCC1CC1CCC/C(=C\c2ccccc2F)C1=O. The molecule has 4 heteroatoms. The van der Waals surface area contributed by atoms with Crippen LogP contribution in [-0.2, 0) is 9.59 Å². The molecule has 0 bridgehead atoms. The number of hydrogen-bond donors (Lipinski definition) is 0. The second-order valence-corrected chi connectivity index (χ2v) is 8.88. The molecule has 2 aliphatic carbocycles. The molecule has 2 atom stereocenters. The summed E-state index contributed by atoms with van der Waals surface area (Å²) in [6.07, 6.45) is 9.32. The maximum absolute atomic E-state index is 14.1. The fourth-order valence-electron chi connectivity index (χ4n) is 4.92. The van der Waals surface area contributed by atoms with Crippen LogP contribution < -0.4 is 0 Å². The van der Waals surface area contributed by atoms with Crippen LogP contribution in [0.3, 0.4) is 0 Å². The molecule has 2 aromatic carbocycles. The molecule has 0 heterocycles. The molecule has 32 heavy (non-hydrogen) atoms. The second-order valence-electron chi connectivity index (χ2n) is 8.88. The third-order valence-electron chi connectivity index (χ3n) is 6.66. The lowest BCUT2D eigenvalue weighted by Crippen LogP contribution is -2.27. The zero-order valence-corrected chi connectivity index (χ0v) is 18.2. The Morgan fingerprint density at radius 1 is 0.688 bits per heavy atom. The van der Waals surface area contributed by atoms with Crippen molar-refractivity contribution in [2.75, 3.05) is 0 Å². The molecule has 0 aromatic heterocycles. The molecule has 0 spiro atoms. The van der Waals surface area contributed by atoms with Gasteiger partial charge in [-0.1, -0.05) is 42.8 Å². The first-order valence-electron chi connectivity index (χ1n) is 11.5. The van der Waals surface area contributed by atoms with E-state index in [1.807, 2.05) is 0 Å². The summed E-state index contributed by atoms with van der Waals surface area (Å²) in [7, 11) is 0. The van der Waals surface area contributed by atoms with E-state index in [1.54, 1.807) is 48.6 Å². The first kappa shape index (κ1) is 22.3. The Kier molecular flexibility index (Phi) is 7.09. The van der Waals surface area contributed by atoms with Crippen molar-refractivity contribution in [3.8, 4) is 0 Å². The topological polar surface area (TPSA) is 34.1 Å². The van der Waals surface area contributed by atoms with E-state index in [2.05, 4.69) is 0 Å². The summed E-state index contributed by atoms with van der Waals surface area (Å²) in [5.74, 6) is -1.03. The summed E-state index contributed by atoms with van der Waals surface area (Å²) >= 11 is 0. The summed E-state index contributed by atoms with van der Waals surface area (Å²) in [5, 5.41) is 0. The van der Waals surface area contributed by atoms with Crippen LogP contribution in [0.1, 0.15) is 62.5 Å². The van der Waals surface area contributed by atoms with E-state index < -0.39 is 0 Å². The largest absolute Gasteiger partial charge is 0.294 e. The highest BCUT2D eigenvalue weighted by Crippen LogP contribution is 2.36. The number of benzene rings is 2. The number of carbonyl (C=O) groups excluding carboxylic acids is 2. The highest BCUT2D eigenvalue weighted by Gasteiger charge is 2.33. The predicted molar refractivity (Wildman–Crippen MR) is 123 cm³/mol. The van der Waals surface area contributed by atoms with Crippen molar-refractivity contribution in [3.63, 3.8) is 0 Å². The molecule has 2 aromatic rings. The Labute approximate surface area is 188 Å². The summed E-state index contributed by atoms with van der Waals surface area (Å²) in [6, 6.07) is 12.9. The number of Topliss-reactive ketones (excluding diaryl/α,β-unsaturated/α-hetero) is 2. The zero-order chi connectivity index (χ0) is 22.5. The molecule has 0 radical (unpaired) electrons. The summed E-state index contributed by atoms with van der Waals surface area (Å²) in [6.45, 7) is 0. The van der Waals surface area contributed by atoms with Crippen molar-refractivity contribution >= 4 is 23.7 Å². The number of rotatable bonds is 4. The van der Waals surface area contributed by atoms with Crippen LogP contribution in [0.5, 0.6) is 0 Å². The fourth-order valence-corrected chi connectivity index (χ4v) is 4.92. The monoisotopic (exact) mass is 434 g/mol. The van der Waals surface area contributed by atoms with Crippen LogP contribution in [0.25, 0.3) is 12.2 Å². The Bertz CT molecular complexity index is 1070. The molecule has 0 saturated heterocycles. The van der Waals surface area contributed by atoms with Gasteiger partial charge in [-0.25, -0.2) is 8.78 Å². The molecule has 0 aliphatic heterocycles. The van der Waals surface area contributed by atoms with Crippen molar-refractivity contribution in [2.24, 2.45) is 11.8 Å². The van der Waals surface area contributed by atoms with Crippen molar-refractivity contribution in [1.29, 1.82) is 0 Å². The van der Waals surface area contributed by atoms with Gasteiger partial charge in [0.05, 0.1) is 0 Å². The van der Waals surface area contributed by atoms with E-state index in [0.29, 0.717) is 41.5 Å². The average molecular weight is 435 g/mol. The molecular weight excluding hydrogens is 406 g/mol. The van der Waals surface area contributed by atoms with E-state index in [1.165, 1.54) is 12.1 Å². The van der Waals surface area contributed by atoms with Gasteiger partial charge in [-0.2, -0.15) is 0 Å². The van der Waals surface area contributed by atoms with Gasteiger partial charge in [0, 0.05) is 23.0 Å². The van der Waals surface area contributed by atoms with Crippen LogP contribution in [0.2, 0.25) is 0 Å². The van der Waals surface area contributed by atoms with Gasteiger partial charge in [0.2, 0.25) is 0 Å². The molecular formula is C28H28F2O2. The average Bonchev–Trinajstić information content (AvgIpc) is 2.96. The van der Waals surface area contributed by atoms with Gasteiger partial charge in [0.1, 0.15) is 11.6 Å². The minimum atomic E-state index is -0.336. The third kappa shape index (κ3) is 5.12. The van der Waals surface area contributed by atoms with E-state index in [-0.39, 0.29) is 35.0 Å². The smallest absolute Gasteiger partial charge is 0.161 e. The van der Waals surface area contributed by atoms with Gasteiger partial charge in [0.15, 0.2) is 11.6 Å². The molecule has 0 amide bonds. The Morgan fingerprint density at radius 2 is 1.16 bits per heavy atom. The number of hydrogen-bond acceptors (Lipinski definition) is 2. The number of halogens is 2. The van der Waals surface area contributed by atoms with Crippen molar-refractivity contribution in [1.82, 2.24) is 0 Å². The van der Waals surface area contributed by atoms with Gasteiger partial charge in [-0.05, 0) is 80.4 Å². The van der Waals surface area contributed by atoms with Crippen molar-refractivity contribution in [3.05, 3.63) is 82.4 Å². The van der Waals surface area contributed by atoms with E-state index in [9.17, 15) is 18.4 Å². The number of carbonyl (C=O) groups is 2. The minimum Gasteiger partial charge on any atom is -0.294 e. The summed E-state index contributed by atoms with van der Waals surface area (Å²) in [4.78, 5) is 26.5. The Balaban J connectivity index is 1.52. The van der Waals surface area contributed by atoms with Gasteiger partial charge in [-0.15, -0.1) is 0 Å². The van der Waals surface area contributed by atoms with Gasteiger partial charge < -0.3 is 0 Å². The van der Waals surface area contributed by atoms with Crippen LogP contribution >= 0.6 is 0 Å². The summed E-state index contributed by atoms with van der Waals surface area (Å²) < 4.78 is 28.2. The maximum Gasteiger partial charge on any atom is 0.161 e. The van der Waals surface area contributed by atoms with E-state index >= 15 is 0 Å². The fraction of sp³-hybridized carbons (Fsp3) is 0.357. The Hall–Kier alpha value is -2.88. The molecule has 2 unspecified atom stereocenters. The molecule has 166 valence electrons. The lowest BCUT2D eigenvalue weighted by molar-refractivity contribution is -0.123. The van der Waals surface area contributed by atoms with Crippen LogP contribution in [-0.4, -0.2) is 11.6 Å². The lowest BCUT2D eigenvalue weighted by Gasteiger charge is -2.26. The summed E-state index contributed by atoms with van der Waals surface area (Å²) in [5.41, 5.74) is 2.16. The molecule has 0 N–H and O–H groups in total. The molecule has 4 rings (SSSR count). The predicted octanol–water partition coefficient (Wildman–Crippen LogP) is 6.95. The van der Waals surface area contributed by atoms with Gasteiger partial charge >= 0.3 is 0 Å². The standard InChI is InChI=1S/C28H28F2O2/c29-25-14-5-3-8-19(25)16-21-10-1-2-11-22(27(21)31)18-24-13-7-12-23(28(24)32)17-20-9-4-6-15-26(20)30/h3-6,8-9,14-17,22,24H,1-2,7,10-13,18H2/b21-16+,23-17+. The molecule has 2 nitrogen and oxygen atoms in total. The number of ketones is 2. The first-order chi connectivity index (χ1) is 15.5. The van der Waals surface area contributed by atoms with Crippen LogP contribution in [0.15, 0.2) is 59.7 Å². The normalized spacial score (nSPS) is 24.7. The molecule has 2 saturated carbocycles. The van der Waals surface area contributed by atoms with Crippen molar-refractivity contribution in [2.45, 2.75) is 51.4 Å². The number of allylic oxidation sites excluding steroid dienone is 2. The maximum atomic E-state index is 14.1. The highest BCUT2D eigenvalue weighted by atomic mass is 19.1. The second kappa shape index (κ2) is 10.2. The first-order valence-corrected chi connectivity index (χ1v) is 11.5. The van der Waals surface area contributed by atoms with Crippen LogP contribution in [0.4, 0.5) is 8.78 Å².